The first-order valence-corrected chi connectivity index (χ1v) is 2.40. The van der Waals surface area contributed by atoms with Crippen molar-refractivity contribution in [3.8, 4) is 0 Å². The van der Waals surface area contributed by atoms with Crippen LogP contribution in [0.1, 0.15) is 0 Å². The van der Waals surface area contributed by atoms with Crippen molar-refractivity contribution in [1.29, 1.82) is 0 Å². The van der Waals surface area contributed by atoms with E-state index in [2.05, 4.69) is 5.32 Å². The van der Waals surface area contributed by atoms with Gasteiger partial charge in [-0.15, -0.1) is 0 Å². The Labute approximate surface area is 49.4 Å². The van der Waals surface area contributed by atoms with E-state index >= 15 is 0 Å². The second kappa shape index (κ2) is 4.61. The summed E-state index contributed by atoms with van der Waals surface area (Å²) in [4.78, 5) is 11.1. The van der Waals surface area contributed by atoms with E-state index < -0.39 is 0 Å². The Balaban J connectivity index is 2.81. The number of hydrogen-bond donors (Lipinski definition) is 2. The first-order valence-electron chi connectivity index (χ1n) is 2.40. The summed E-state index contributed by atoms with van der Waals surface area (Å²) in [5.74, 6) is 5.21. The van der Waals surface area contributed by atoms with Gasteiger partial charge in [-0.2, -0.15) is 0 Å². The third kappa shape index (κ3) is 5.45. The van der Waals surface area contributed by atoms with E-state index in [9.17, 15) is 4.79 Å². The van der Waals surface area contributed by atoms with Crippen molar-refractivity contribution in [3.63, 3.8) is 0 Å². The van der Waals surface area contributed by atoms with Crippen molar-refractivity contribution < 1.29 is 4.79 Å². The average molecular weight is 115 g/mol. The number of hydrazine groups is 1. The molecule has 0 bridgehead atoms. The van der Waals surface area contributed by atoms with E-state index in [0.29, 0.717) is 19.5 Å². The molecule has 0 aromatic carbocycles. The van der Waals surface area contributed by atoms with Crippen LogP contribution in [0.2, 0.25) is 0 Å². The Bertz CT molecular complexity index is 67.5. The molecule has 0 saturated heterocycles. The second-order valence-corrected chi connectivity index (χ2v) is 1.55. The van der Waals surface area contributed by atoms with Crippen molar-refractivity contribution in [2.24, 2.45) is 5.84 Å². The first kappa shape index (κ1) is 7.45. The minimum Gasteiger partial charge on any atom is -0.357 e. The molecule has 0 aliphatic carbocycles. The van der Waals surface area contributed by atoms with E-state index in [1.165, 1.54) is 4.92 Å². The van der Waals surface area contributed by atoms with Crippen molar-refractivity contribution >= 4 is 14.4 Å². The highest BCUT2D eigenvalue weighted by Gasteiger charge is 1.85. The number of amides is 1. The minimum atomic E-state index is 0.608. The molecule has 1 amide bonds. The van der Waals surface area contributed by atoms with E-state index in [1.807, 2.05) is 0 Å². The van der Waals surface area contributed by atoms with Crippen LogP contribution in [0.5, 0.6) is 0 Å². The van der Waals surface area contributed by atoms with Crippen molar-refractivity contribution in [2.45, 2.75) is 0 Å². The molecule has 3 N–H and O–H groups in total. The fourth-order valence-corrected chi connectivity index (χ4v) is 0.300. The zero-order valence-corrected chi connectivity index (χ0v) is 4.92. The van der Waals surface area contributed by atoms with Gasteiger partial charge in [0, 0.05) is 13.1 Å². The van der Waals surface area contributed by atoms with Gasteiger partial charge in [0.2, 0.25) is 14.4 Å². The number of rotatable bonds is 4. The highest BCUT2D eigenvalue weighted by Crippen LogP contribution is 1.60. The van der Waals surface area contributed by atoms with Crippen molar-refractivity contribution in [3.05, 3.63) is 0 Å². The van der Waals surface area contributed by atoms with E-state index in [4.69, 9.17) is 5.84 Å². The Kier molecular flexibility index (Phi) is 4.30. The molecule has 0 aromatic rings. The molecule has 0 heterocycles. The van der Waals surface area contributed by atoms with Crippen LogP contribution >= 0.6 is 0 Å². The van der Waals surface area contributed by atoms with E-state index in [0.717, 1.165) is 0 Å². The van der Waals surface area contributed by atoms with Gasteiger partial charge in [-0.05, 0) is 0 Å². The number of nitrogens with zero attached hydrogens (tertiary/aromatic N) is 1. The Morgan fingerprint density at radius 1 is 1.88 bits per heavy atom. The first-order chi connectivity index (χ1) is 3.77. The molecule has 0 spiro atoms. The molecule has 5 heteroatoms. The van der Waals surface area contributed by atoms with E-state index in [1.54, 1.807) is 7.98 Å². The van der Waals surface area contributed by atoms with Gasteiger partial charge in [-0.25, -0.2) is 0 Å². The monoisotopic (exact) mass is 115 g/mol. The molecular formula is C3H10BN3O. The van der Waals surface area contributed by atoms with Crippen LogP contribution in [0.15, 0.2) is 0 Å². The molecule has 8 heavy (non-hydrogen) atoms. The fraction of sp³-hybridized carbons (Fsp3) is 0.667. The molecule has 0 unspecified atom stereocenters. The van der Waals surface area contributed by atoms with Crippen molar-refractivity contribution in [2.75, 3.05) is 13.1 Å². The Morgan fingerprint density at radius 2 is 2.50 bits per heavy atom. The summed E-state index contributed by atoms with van der Waals surface area (Å²) in [5.41, 5.74) is 0. The Morgan fingerprint density at radius 3 is 2.88 bits per heavy atom. The van der Waals surface area contributed by atoms with Crippen LogP contribution in [-0.2, 0) is 4.79 Å². The molecule has 0 rings (SSSR count). The molecule has 0 aromatic heterocycles. The zero-order chi connectivity index (χ0) is 6.41. The SMILES string of the molecule is BN(N)CCNC=O. The lowest BCUT2D eigenvalue weighted by Gasteiger charge is -2.07. The Hall–Kier alpha value is -0.545. The van der Waals surface area contributed by atoms with Crippen LogP contribution in [0.25, 0.3) is 0 Å². The number of carbonyl (C=O) groups is 1. The zero-order valence-electron chi connectivity index (χ0n) is 4.92. The quantitative estimate of drug-likeness (QED) is 0.139. The van der Waals surface area contributed by atoms with Gasteiger partial charge in [-0.1, -0.05) is 0 Å². The van der Waals surface area contributed by atoms with Crippen molar-refractivity contribution in [1.82, 2.24) is 10.2 Å². The molecule has 0 fully saturated rings. The second-order valence-electron chi connectivity index (χ2n) is 1.55. The summed E-state index contributed by atoms with van der Waals surface area (Å²) in [5, 5.41) is 2.48. The summed E-state index contributed by atoms with van der Waals surface area (Å²) in [7, 11) is 1.74. The number of hydrogen-bond acceptors (Lipinski definition) is 3. The number of nitrogens with one attached hydrogen (secondary N) is 1. The highest BCUT2D eigenvalue weighted by molar-refractivity contribution is 6.03. The van der Waals surface area contributed by atoms with Gasteiger partial charge in [-0.3, -0.25) is 15.6 Å². The van der Waals surface area contributed by atoms with Crippen LogP contribution in [0.3, 0.4) is 0 Å². The minimum absolute atomic E-state index is 0.608. The van der Waals surface area contributed by atoms with Gasteiger partial charge in [0.15, 0.2) is 0 Å². The fourth-order valence-electron chi connectivity index (χ4n) is 0.300. The number of nitrogens with two attached hydrogens (primary N) is 1. The molecular weight excluding hydrogens is 105 g/mol. The van der Waals surface area contributed by atoms with Crippen LogP contribution in [0, 0.1) is 0 Å². The van der Waals surface area contributed by atoms with Crippen LogP contribution in [0.4, 0.5) is 0 Å². The van der Waals surface area contributed by atoms with Gasteiger partial charge >= 0.3 is 0 Å². The summed E-state index contributed by atoms with van der Waals surface area (Å²) >= 11 is 0. The van der Waals surface area contributed by atoms with Crippen LogP contribution < -0.4 is 11.2 Å². The molecule has 0 radical (unpaired) electrons. The molecule has 46 valence electrons. The standard InChI is InChI=1S/C3H10BN3O/c4-7(5)2-1-6-3-8/h3H,1-2,4-5H2,(H,6,8). The van der Waals surface area contributed by atoms with Gasteiger partial charge < -0.3 is 5.32 Å². The molecule has 0 aliphatic heterocycles. The third-order valence-corrected chi connectivity index (χ3v) is 0.692. The van der Waals surface area contributed by atoms with Gasteiger partial charge in [0.25, 0.3) is 0 Å². The topological polar surface area (TPSA) is 58.4 Å². The largest absolute Gasteiger partial charge is 0.357 e. The normalized spacial score (nSPS) is 9.25. The van der Waals surface area contributed by atoms with Crippen LogP contribution in [-0.4, -0.2) is 32.4 Å². The van der Waals surface area contributed by atoms with Gasteiger partial charge in [0.05, 0.1) is 0 Å². The third-order valence-electron chi connectivity index (χ3n) is 0.692. The van der Waals surface area contributed by atoms with E-state index in [-0.39, 0.29) is 0 Å². The molecule has 0 atom stereocenters. The predicted molar refractivity (Wildman–Crippen MR) is 33.5 cm³/mol. The number of carbonyl (C=O) groups excluding carboxylic acids is 1. The maximum absolute atomic E-state index is 9.62. The molecule has 0 aliphatic rings. The molecule has 0 saturated carbocycles. The maximum atomic E-state index is 9.62. The average Bonchev–Trinajstić information content (AvgIpc) is 1.66. The smallest absolute Gasteiger partial charge is 0.207 e. The summed E-state index contributed by atoms with van der Waals surface area (Å²) < 4.78 is 0. The summed E-state index contributed by atoms with van der Waals surface area (Å²) in [6, 6.07) is 0. The highest BCUT2D eigenvalue weighted by atomic mass is 16.1. The lowest BCUT2D eigenvalue weighted by Crippen LogP contribution is -2.34. The summed E-state index contributed by atoms with van der Waals surface area (Å²) in [6.45, 7) is 1.29. The molecule has 4 nitrogen and oxygen atoms in total. The predicted octanol–water partition coefficient (Wildman–Crippen LogP) is -2.54. The van der Waals surface area contributed by atoms with Gasteiger partial charge in [0.1, 0.15) is 0 Å². The lowest BCUT2D eigenvalue weighted by atomic mass is 10.4. The summed E-state index contributed by atoms with van der Waals surface area (Å²) in [6.07, 6.45) is 0.656. The lowest BCUT2D eigenvalue weighted by molar-refractivity contribution is -0.109. The maximum Gasteiger partial charge on any atom is 0.207 e.